The molecule has 4 rings (SSSR count). The lowest BCUT2D eigenvalue weighted by molar-refractivity contribution is -0.142. The van der Waals surface area contributed by atoms with Crippen molar-refractivity contribution in [3.05, 3.63) is 64.8 Å². The third kappa shape index (κ3) is 7.24. The van der Waals surface area contributed by atoms with E-state index in [4.69, 9.17) is 18.9 Å². The zero-order valence-corrected chi connectivity index (χ0v) is 24.5. The van der Waals surface area contributed by atoms with Gasteiger partial charge >= 0.3 is 5.97 Å². The third-order valence-corrected chi connectivity index (χ3v) is 7.34. The molecular formula is C28H28N4O7S2. The fraction of sp³-hybridized carbons (Fsp3) is 0.250. The summed E-state index contributed by atoms with van der Waals surface area (Å²) >= 11 is 2.32. The van der Waals surface area contributed by atoms with Gasteiger partial charge in [-0.05, 0) is 42.8 Å². The summed E-state index contributed by atoms with van der Waals surface area (Å²) in [7, 11) is 4.53. The maximum Gasteiger partial charge on any atom is 0.311 e. The number of thioether (sulfide) groups is 1. The number of anilines is 2. The number of nitrogens with zero attached hydrogens (tertiary/aromatic N) is 3. The number of amides is 2. The summed E-state index contributed by atoms with van der Waals surface area (Å²) in [5.74, 6) is 0.207. The highest BCUT2D eigenvalue weighted by atomic mass is 32.2. The summed E-state index contributed by atoms with van der Waals surface area (Å²) in [6.07, 6.45) is 1.65. The lowest BCUT2D eigenvalue weighted by Crippen LogP contribution is -2.31. The fourth-order valence-corrected chi connectivity index (χ4v) is 5.37. The van der Waals surface area contributed by atoms with Crippen LogP contribution < -0.4 is 24.4 Å². The number of hydrogen-bond acceptors (Lipinski definition) is 11. The fourth-order valence-electron chi connectivity index (χ4n) is 3.83. The summed E-state index contributed by atoms with van der Waals surface area (Å²) in [6, 6.07) is 12.5. The van der Waals surface area contributed by atoms with Crippen molar-refractivity contribution >= 4 is 62.9 Å². The Hall–Kier alpha value is -4.36. The van der Waals surface area contributed by atoms with Crippen LogP contribution in [0.25, 0.3) is 6.08 Å². The SMILES string of the molecule is CCOC(=O)Cc1csc(NC(=O)CSC2=N/C(=C\c3cc(OC)c(OC)c(OC)c3)C(=O)N2c2ccccc2)n1. The molecule has 1 aliphatic rings. The number of esters is 1. The van der Waals surface area contributed by atoms with E-state index in [1.807, 2.05) is 18.2 Å². The Labute approximate surface area is 245 Å². The summed E-state index contributed by atoms with van der Waals surface area (Å²) < 4.78 is 21.2. The zero-order chi connectivity index (χ0) is 29.4. The number of para-hydroxylation sites is 1. The number of carbonyl (C=O) groups excluding carboxylic acids is 3. The first kappa shape index (κ1) is 29.6. The van der Waals surface area contributed by atoms with Crippen LogP contribution in [-0.4, -0.2) is 61.6 Å². The van der Waals surface area contributed by atoms with Gasteiger partial charge in [-0.1, -0.05) is 30.0 Å². The molecule has 41 heavy (non-hydrogen) atoms. The molecule has 1 N–H and O–H groups in total. The smallest absolute Gasteiger partial charge is 0.311 e. The molecule has 0 saturated heterocycles. The molecule has 0 bridgehead atoms. The van der Waals surface area contributed by atoms with Crippen LogP contribution in [0.3, 0.4) is 0 Å². The van der Waals surface area contributed by atoms with Gasteiger partial charge in [0.1, 0.15) is 5.70 Å². The average molecular weight is 597 g/mol. The molecule has 214 valence electrons. The molecule has 0 unspecified atom stereocenters. The largest absolute Gasteiger partial charge is 0.493 e. The van der Waals surface area contributed by atoms with Crippen LogP contribution in [0.1, 0.15) is 18.2 Å². The highest BCUT2D eigenvalue weighted by Crippen LogP contribution is 2.39. The van der Waals surface area contributed by atoms with Crippen molar-refractivity contribution in [2.45, 2.75) is 13.3 Å². The minimum Gasteiger partial charge on any atom is -0.493 e. The molecular weight excluding hydrogens is 568 g/mol. The van der Waals surface area contributed by atoms with Gasteiger partial charge in [0.15, 0.2) is 21.8 Å². The Bertz CT molecular complexity index is 1460. The molecule has 0 aliphatic carbocycles. The number of amidine groups is 1. The van der Waals surface area contributed by atoms with E-state index >= 15 is 0 Å². The molecule has 3 aromatic rings. The molecule has 2 aromatic carbocycles. The van der Waals surface area contributed by atoms with Crippen LogP contribution in [0, 0.1) is 0 Å². The summed E-state index contributed by atoms with van der Waals surface area (Å²) in [5.41, 5.74) is 1.92. The van der Waals surface area contributed by atoms with Crippen LogP contribution in [0.5, 0.6) is 17.2 Å². The number of ether oxygens (including phenoxy) is 4. The number of thiazole rings is 1. The van der Waals surface area contributed by atoms with Crippen molar-refractivity contribution in [1.29, 1.82) is 0 Å². The molecule has 0 radical (unpaired) electrons. The molecule has 1 aliphatic heterocycles. The molecule has 2 heterocycles. The standard InChI is InChI=1S/C28H28N4O7S2/c1-5-39-24(34)14-18-15-40-27(29-18)31-23(33)16-41-28-30-20(26(35)32(28)19-9-7-6-8-10-19)11-17-12-21(36-2)25(38-4)22(13-17)37-3/h6-13,15H,5,14,16H2,1-4H3,(H,29,31,33)/b20-11-. The maximum absolute atomic E-state index is 13.5. The van der Waals surface area contributed by atoms with Crippen LogP contribution in [0.2, 0.25) is 0 Å². The Balaban J connectivity index is 1.54. The quantitative estimate of drug-likeness (QED) is 0.253. The van der Waals surface area contributed by atoms with Crippen LogP contribution in [-0.2, 0) is 25.5 Å². The van der Waals surface area contributed by atoms with Crippen LogP contribution >= 0.6 is 23.1 Å². The predicted octanol–water partition coefficient (Wildman–Crippen LogP) is 4.39. The average Bonchev–Trinajstić information content (AvgIpc) is 3.54. The number of methoxy groups -OCH3 is 3. The summed E-state index contributed by atoms with van der Waals surface area (Å²) in [6.45, 7) is 2.02. The number of benzene rings is 2. The Kier molecular flexibility index (Phi) is 9.98. The molecule has 2 amide bonds. The van der Waals surface area contributed by atoms with Gasteiger partial charge in [-0.3, -0.25) is 19.3 Å². The van der Waals surface area contributed by atoms with E-state index < -0.39 is 0 Å². The second kappa shape index (κ2) is 13.8. The van der Waals surface area contributed by atoms with Gasteiger partial charge in [0.05, 0.1) is 51.5 Å². The van der Waals surface area contributed by atoms with Crippen molar-refractivity contribution in [1.82, 2.24) is 4.98 Å². The van der Waals surface area contributed by atoms with E-state index in [9.17, 15) is 14.4 Å². The summed E-state index contributed by atoms with van der Waals surface area (Å²) in [5, 5.41) is 5.13. The van der Waals surface area contributed by atoms with Gasteiger partial charge in [-0.25, -0.2) is 9.98 Å². The van der Waals surface area contributed by atoms with Gasteiger partial charge in [-0.15, -0.1) is 11.3 Å². The van der Waals surface area contributed by atoms with Crippen molar-refractivity contribution in [3.63, 3.8) is 0 Å². The first-order chi connectivity index (χ1) is 19.9. The zero-order valence-electron chi connectivity index (χ0n) is 22.8. The minimum atomic E-state index is -0.383. The topological polar surface area (TPSA) is 129 Å². The Morgan fingerprint density at radius 3 is 2.41 bits per heavy atom. The van der Waals surface area contributed by atoms with E-state index in [1.54, 1.807) is 42.6 Å². The van der Waals surface area contributed by atoms with E-state index in [0.29, 0.717) is 44.5 Å². The normalized spacial score (nSPS) is 13.7. The lowest BCUT2D eigenvalue weighted by Gasteiger charge is -2.17. The number of carbonyl (C=O) groups is 3. The molecule has 13 heteroatoms. The highest BCUT2D eigenvalue weighted by Gasteiger charge is 2.32. The minimum absolute atomic E-state index is 0.0281. The predicted molar refractivity (Wildman–Crippen MR) is 159 cm³/mol. The highest BCUT2D eigenvalue weighted by molar-refractivity contribution is 8.14. The van der Waals surface area contributed by atoms with Crippen molar-refractivity contribution in [2.24, 2.45) is 4.99 Å². The second-order valence-electron chi connectivity index (χ2n) is 8.32. The third-order valence-electron chi connectivity index (χ3n) is 5.60. The molecule has 0 atom stereocenters. The van der Waals surface area contributed by atoms with Crippen LogP contribution in [0.15, 0.2) is 58.5 Å². The number of aliphatic imine (C=N–C) groups is 1. The van der Waals surface area contributed by atoms with Crippen molar-refractivity contribution < 1.29 is 33.3 Å². The monoisotopic (exact) mass is 596 g/mol. The van der Waals surface area contributed by atoms with Crippen molar-refractivity contribution in [2.75, 3.05) is 43.9 Å². The van der Waals surface area contributed by atoms with E-state index in [2.05, 4.69) is 15.3 Å². The molecule has 11 nitrogen and oxygen atoms in total. The van der Waals surface area contributed by atoms with Gasteiger partial charge in [0.2, 0.25) is 11.7 Å². The summed E-state index contributed by atoms with van der Waals surface area (Å²) in [4.78, 5) is 48.2. The Morgan fingerprint density at radius 2 is 1.78 bits per heavy atom. The van der Waals surface area contributed by atoms with Gasteiger partial charge in [-0.2, -0.15) is 0 Å². The van der Waals surface area contributed by atoms with Gasteiger partial charge in [0, 0.05) is 5.38 Å². The van der Waals surface area contributed by atoms with Gasteiger partial charge in [0.25, 0.3) is 5.91 Å². The molecule has 1 aromatic heterocycles. The first-order valence-corrected chi connectivity index (χ1v) is 14.3. The van der Waals surface area contributed by atoms with E-state index in [-0.39, 0.29) is 42.3 Å². The lowest BCUT2D eigenvalue weighted by atomic mass is 10.1. The molecule has 0 fully saturated rings. The second-order valence-corrected chi connectivity index (χ2v) is 10.1. The van der Waals surface area contributed by atoms with Crippen LogP contribution in [0.4, 0.5) is 10.8 Å². The molecule has 0 spiro atoms. The van der Waals surface area contributed by atoms with Gasteiger partial charge < -0.3 is 24.3 Å². The maximum atomic E-state index is 13.5. The van der Waals surface area contributed by atoms with Crippen molar-refractivity contribution in [3.8, 4) is 17.2 Å². The molecule has 0 saturated carbocycles. The number of rotatable bonds is 11. The van der Waals surface area contributed by atoms with E-state index in [0.717, 1.165) is 11.8 Å². The number of hydrogen-bond donors (Lipinski definition) is 1. The van der Waals surface area contributed by atoms with E-state index in [1.165, 1.54) is 37.6 Å². The number of aromatic nitrogens is 1. The number of nitrogens with one attached hydrogen (secondary N) is 1. The Morgan fingerprint density at radius 1 is 1.07 bits per heavy atom. The first-order valence-electron chi connectivity index (χ1n) is 12.4.